The number of halogens is 1. The fourth-order valence-electron chi connectivity index (χ4n) is 1.93. The van der Waals surface area contributed by atoms with E-state index in [9.17, 15) is 14.0 Å². The summed E-state index contributed by atoms with van der Waals surface area (Å²) in [6, 6.07) is 0. The molecule has 3 unspecified atom stereocenters. The third-order valence-electron chi connectivity index (χ3n) is 2.90. The molecule has 1 aliphatic rings. The lowest BCUT2D eigenvalue weighted by atomic mass is 10.2. The van der Waals surface area contributed by atoms with Gasteiger partial charge in [-0.15, -0.1) is 6.42 Å². The number of rotatable bonds is 4. The van der Waals surface area contributed by atoms with Gasteiger partial charge in [0, 0.05) is 6.42 Å². The zero-order valence-electron chi connectivity index (χ0n) is 10.4. The molecule has 1 aliphatic heterocycles. The molecule has 2 heterocycles. The molecular weight excluding hydrogens is 271 g/mol. The Morgan fingerprint density at radius 3 is 3.00 bits per heavy atom. The molecule has 8 heteroatoms. The van der Waals surface area contributed by atoms with Crippen LogP contribution in [0.4, 0.5) is 4.39 Å². The van der Waals surface area contributed by atoms with Crippen LogP contribution in [-0.2, 0) is 4.74 Å². The van der Waals surface area contributed by atoms with Gasteiger partial charge in [-0.25, -0.2) is 9.18 Å². The lowest BCUT2D eigenvalue weighted by Gasteiger charge is -2.15. The Morgan fingerprint density at radius 2 is 2.40 bits per heavy atom. The van der Waals surface area contributed by atoms with Gasteiger partial charge in [-0.05, 0) is 0 Å². The van der Waals surface area contributed by atoms with Crippen LogP contribution < -0.4 is 16.0 Å². The van der Waals surface area contributed by atoms with Crippen molar-refractivity contribution in [2.75, 3.05) is 13.2 Å². The third kappa shape index (κ3) is 2.74. The quantitative estimate of drug-likeness (QED) is 0.704. The van der Waals surface area contributed by atoms with Gasteiger partial charge in [0.05, 0.1) is 12.8 Å². The minimum atomic E-state index is -1.39. The van der Waals surface area contributed by atoms with Crippen molar-refractivity contribution in [2.24, 2.45) is 0 Å². The Balaban J connectivity index is 2.31. The van der Waals surface area contributed by atoms with Gasteiger partial charge >= 0.3 is 5.69 Å². The minimum absolute atomic E-state index is 0.105. The van der Waals surface area contributed by atoms with Crippen LogP contribution in [0.5, 0.6) is 5.75 Å². The molecule has 0 aromatic carbocycles. The molecule has 0 bridgehead atoms. The van der Waals surface area contributed by atoms with Crippen LogP contribution in [0.25, 0.3) is 0 Å². The molecule has 2 rings (SSSR count). The number of nitrogens with zero attached hydrogens (tertiary/aromatic N) is 1. The average Bonchev–Trinajstić information content (AvgIpc) is 2.79. The van der Waals surface area contributed by atoms with E-state index in [1.54, 1.807) is 0 Å². The Kier molecular flexibility index (Phi) is 4.22. The predicted octanol–water partition coefficient (Wildman–Crippen LogP) is -0.833. The maximum Gasteiger partial charge on any atom is 0.330 e. The first-order valence-electron chi connectivity index (χ1n) is 5.89. The zero-order valence-corrected chi connectivity index (χ0v) is 10.4. The number of ether oxygens (including phenoxy) is 2. The smallest absolute Gasteiger partial charge is 0.330 e. The summed E-state index contributed by atoms with van der Waals surface area (Å²) in [5.41, 5.74) is -1.48. The van der Waals surface area contributed by atoms with Crippen molar-refractivity contribution < 1.29 is 19.0 Å². The van der Waals surface area contributed by atoms with E-state index in [2.05, 4.69) is 5.92 Å². The molecule has 20 heavy (non-hydrogen) atoms. The molecule has 0 spiro atoms. The monoisotopic (exact) mass is 284 g/mol. The Labute approximate surface area is 113 Å². The van der Waals surface area contributed by atoms with Crippen molar-refractivity contribution in [1.29, 1.82) is 0 Å². The molecular formula is C12H13FN2O5. The normalized spacial score (nSPS) is 25.4. The summed E-state index contributed by atoms with van der Waals surface area (Å²) >= 11 is 0. The molecule has 1 aromatic rings. The average molecular weight is 284 g/mol. The number of alkyl halides is 1. The van der Waals surface area contributed by atoms with Crippen molar-refractivity contribution in [3.05, 3.63) is 27.0 Å². The summed E-state index contributed by atoms with van der Waals surface area (Å²) in [4.78, 5) is 25.2. The summed E-state index contributed by atoms with van der Waals surface area (Å²) in [5, 5.41) is 8.93. The molecule has 1 fully saturated rings. The van der Waals surface area contributed by atoms with Crippen LogP contribution in [0.3, 0.4) is 0 Å². The van der Waals surface area contributed by atoms with Gasteiger partial charge in [0.2, 0.25) is 5.75 Å². The second kappa shape index (κ2) is 5.90. The molecule has 0 radical (unpaired) electrons. The molecule has 0 amide bonds. The van der Waals surface area contributed by atoms with Crippen LogP contribution in [0.2, 0.25) is 0 Å². The van der Waals surface area contributed by atoms with Crippen molar-refractivity contribution in [3.8, 4) is 18.1 Å². The van der Waals surface area contributed by atoms with Crippen molar-refractivity contribution in [2.45, 2.75) is 24.9 Å². The minimum Gasteiger partial charge on any atom is -0.474 e. The molecule has 1 saturated heterocycles. The number of terminal acetylenes is 1. The highest BCUT2D eigenvalue weighted by atomic mass is 19.1. The van der Waals surface area contributed by atoms with Crippen molar-refractivity contribution in [1.82, 2.24) is 9.55 Å². The molecule has 2 N–H and O–H groups in total. The second-order valence-corrected chi connectivity index (χ2v) is 4.22. The van der Waals surface area contributed by atoms with E-state index in [0.29, 0.717) is 0 Å². The standard InChI is InChI=1S/C12H13FN2O5/c1-2-3-19-8-5-15(12(18)14-11(8)17)10-4-7(13)9(6-16)20-10/h1,5,7,9-10,16H,3-4,6H2,(H,14,17,18). The number of aromatic nitrogens is 2. The van der Waals surface area contributed by atoms with Gasteiger partial charge in [-0.1, -0.05) is 5.92 Å². The summed E-state index contributed by atoms with van der Waals surface area (Å²) in [7, 11) is 0. The first-order valence-corrected chi connectivity index (χ1v) is 5.89. The van der Waals surface area contributed by atoms with Gasteiger partial charge in [-0.3, -0.25) is 14.3 Å². The number of aliphatic hydroxyl groups excluding tert-OH is 1. The number of H-pyrrole nitrogens is 1. The first-order chi connectivity index (χ1) is 9.56. The highest BCUT2D eigenvalue weighted by Gasteiger charge is 2.36. The Morgan fingerprint density at radius 1 is 1.65 bits per heavy atom. The van der Waals surface area contributed by atoms with Gasteiger partial charge in [0.25, 0.3) is 5.56 Å². The largest absolute Gasteiger partial charge is 0.474 e. The fraction of sp³-hybridized carbons (Fsp3) is 0.500. The van der Waals surface area contributed by atoms with E-state index >= 15 is 0 Å². The summed E-state index contributed by atoms with van der Waals surface area (Å²) in [6.45, 7) is -0.631. The Bertz CT molecular complexity index is 632. The van der Waals surface area contributed by atoms with Crippen molar-refractivity contribution in [3.63, 3.8) is 0 Å². The highest BCUT2D eigenvalue weighted by Crippen LogP contribution is 2.29. The topological polar surface area (TPSA) is 93.6 Å². The van der Waals surface area contributed by atoms with Crippen LogP contribution >= 0.6 is 0 Å². The number of hydrogen-bond donors (Lipinski definition) is 2. The molecule has 0 aliphatic carbocycles. The van der Waals surface area contributed by atoms with E-state index in [-0.39, 0.29) is 18.8 Å². The van der Waals surface area contributed by atoms with E-state index in [0.717, 1.165) is 10.8 Å². The Hall–Kier alpha value is -2.11. The number of nitrogens with one attached hydrogen (secondary N) is 1. The van der Waals surface area contributed by atoms with E-state index in [1.165, 1.54) is 0 Å². The summed E-state index contributed by atoms with van der Waals surface area (Å²) in [5.74, 6) is 2.03. The predicted molar refractivity (Wildman–Crippen MR) is 66.2 cm³/mol. The van der Waals surface area contributed by atoms with Crippen molar-refractivity contribution >= 4 is 0 Å². The molecule has 108 valence electrons. The molecule has 1 aromatic heterocycles. The van der Waals surface area contributed by atoms with Gasteiger partial charge in [0.15, 0.2) is 0 Å². The summed E-state index contributed by atoms with van der Waals surface area (Å²) < 4.78 is 24.7. The highest BCUT2D eigenvalue weighted by molar-refractivity contribution is 5.13. The lowest BCUT2D eigenvalue weighted by molar-refractivity contribution is -0.0358. The fourth-order valence-corrected chi connectivity index (χ4v) is 1.93. The maximum absolute atomic E-state index is 13.5. The third-order valence-corrected chi connectivity index (χ3v) is 2.90. The zero-order chi connectivity index (χ0) is 14.7. The van der Waals surface area contributed by atoms with Crippen LogP contribution in [0, 0.1) is 12.3 Å². The summed E-state index contributed by atoms with van der Waals surface area (Å²) in [6.07, 6.45) is 2.73. The molecule has 0 saturated carbocycles. The number of aromatic amines is 1. The van der Waals surface area contributed by atoms with Gasteiger partial charge in [0.1, 0.15) is 25.1 Å². The molecule has 7 nitrogen and oxygen atoms in total. The van der Waals surface area contributed by atoms with E-state index in [1.807, 2.05) is 4.98 Å². The maximum atomic E-state index is 13.5. The molecule has 3 atom stereocenters. The second-order valence-electron chi connectivity index (χ2n) is 4.22. The van der Waals surface area contributed by atoms with Crippen LogP contribution in [0.15, 0.2) is 15.8 Å². The van der Waals surface area contributed by atoms with Gasteiger partial charge < -0.3 is 14.6 Å². The van der Waals surface area contributed by atoms with Crippen LogP contribution in [0.1, 0.15) is 12.6 Å². The first kappa shape index (κ1) is 14.3. The number of aliphatic hydroxyl groups is 1. The van der Waals surface area contributed by atoms with E-state index < -0.39 is 36.4 Å². The van der Waals surface area contributed by atoms with Crippen LogP contribution in [-0.4, -0.2) is 40.1 Å². The van der Waals surface area contributed by atoms with Gasteiger partial charge in [-0.2, -0.15) is 0 Å². The lowest BCUT2D eigenvalue weighted by Crippen LogP contribution is -2.33. The number of hydrogen-bond acceptors (Lipinski definition) is 5. The SMILES string of the molecule is C#CCOc1cn(C2CC(F)C(CO)O2)c(=O)[nH]c1=O. The van der Waals surface area contributed by atoms with E-state index in [4.69, 9.17) is 21.0 Å².